The third-order valence-corrected chi connectivity index (χ3v) is 6.17. The molecule has 1 aliphatic rings. The van der Waals surface area contributed by atoms with Crippen LogP contribution in [0.1, 0.15) is 130 Å². The summed E-state index contributed by atoms with van der Waals surface area (Å²) in [7, 11) is 0. The zero-order valence-electron chi connectivity index (χ0n) is 19.1. The van der Waals surface area contributed by atoms with Crippen LogP contribution in [0.2, 0.25) is 0 Å². The van der Waals surface area contributed by atoms with Crippen LogP contribution in [-0.2, 0) is 0 Å². The van der Waals surface area contributed by atoms with E-state index in [0.29, 0.717) is 6.17 Å². The summed E-state index contributed by atoms with van der Waals surface area (Å²) in [6.07, 6.45) is 29.4. The van der Waals surface area contributed by atoms with Gasteiger partial charge in [-0.15, -0.1) is 0 Å². The first kappa shape index (κ1) is 24.4. The second-order valence-electron chi connectivity index (χ2n) is 8.59. The van der Waals surface area contributed by atoms with Crippen molar-refractivity contribution in [3.05, 3.63) is 12.4 Å². The van der Waals surface area contributed by atoms with Gasteiger partial charge in [-0.25, -0.2) is 0 Å². The minimum Gasteiger partial charge on any atom is -0.356 e. The Kier molecular flexibility index (Phi) is 15.7. The van der Waals surface area contributed by atoms with Crippen LogP contribution in [0.4, 0.5) is 0 Å². The lowest BCUT2D eigenvalue weighted by Gasteiger charge is -2.32. The molecule has 0 radical (unpaired) electrons. The topological polar surface area (TPSA) is 6.48 Å². The van der Waals surface area contributed by atoms with Crippen molar-refractivity contribution in [2.75, 3.05) is 13.1 Å². The Balaban J connectivity index is 2.09. The lowest BCUT2D eigenvalue weighted by atomic mass is 10.1. The van der Waals surface area contributed by atoms with Crippen LogP contribution in [0.3, 0.4) is 0 Å². The molecule has 0 aromatic rings. The Morgan fingerprint density at radius 1 is 0.519 bits per heavy atom. The van der Waals surface area contributed by atoms with Crippen LogP contribution in [-0.4, -0.2) is 29.1 Å². The summed E-state index contributed by atoms with van der Waals surface area (Å²) >= 11 is 0. The number of nitrogens with zero attached hydrogens (tertiary/aromatic N) is 2. The normalized spacial score (nSPS) is 16.6. The molecular weight excluding hydrogens is 328 g/mol. The van der Waals surface area contributed by atoms with Crippen LogP contribution in [0.25, 0.3) is 0 Å². The van der Waals surface area contributed by atoms with E-state index >= 15 is 0 Å². The molecule has 0 aliphatic carbocycles. The molecule has 160 valence electrons. The minimum atomic E-state index is 0.639. The van der Waals surface area contributed by atoms with Crippen molar-refractivity contribution in [3.63, 3.8) is 0 Å². The second-order valence-corrected chi connectivity index (χ2v) is 8.59. The van der Waals surface area contributed by atoms with E-state index in [1.807, 2.05) is 0 Å². The molecule has 1 rings (SSSR count). The molecule has 2 nitrogen and oxygen atoms in total. The maximum absolute atomic E-state index is 2.63. The van der Waals surface area contributed by atoms with E-state index in [9.17, 15) is 0 Å². The number of rotatable bonds is 19. The zero-order valence-corrected chi connectivity index (χ0v) is 19.1. The highest BCUT2D eigenvalue weighted by Crippen LogP contribution is 2.22. The van der Waals surface area contributed by atoms with E-state index in [2.05, 4.69) is 43.0 Å². The van der Waals surface area contributed by atoms with Crippen LogP contribution in [0.15, 0.2) is 12.4 Å². The van der Waals surface area contributed by atoms with Gasteiger partial charge in [-0.2, -0.15) is 0 Å². The summed E-state index contributed by atoms with van der Waals surface area (Å²) in [6.45, 7) is 9.29. The monoisotopic (exact) mass is 378 g/mol. The molecule has 1 aliphatic heterocycles. The van der Waals surface area contributed by atoms with E-state index in [1.54, 1.807) is 0 Å². The molecule has 2 heteroatoms. The standard InChI is InChI=1S/C25H50N2/c1-4-7-9-11-13-15-17-19-21-25-26(6-3)23-24-27(25)22-20-18-16-14-12-10-8-5-2/h23-25H,4-22H2,1-3H3. The molecule has 1 heterocycles. The molecule has 0 bridgehead atoms. The molecule has 27 heavy (non-hydrogen) atoms. The van der Waals surface area contributed by atoms with Crippen molar-refractivity contribution in [2.24, 2.45) is 0 Å². The van der Waals surface area contributed by atoms with Gasteiger partial charge in [-0.05, 0) is 26.2 Å². The summed E-state index contributed by atoms with van der Waals surface area (Å²) in [5.41, 5.74) is 0. The van der Waals surface area contributed by atoms with Gasteiger partial charge in [0.05, 0.1) is 0 Å². The highest BCUT2D eigenvalue weighted by Gasteiger charge is 2.23. The molecule has 1 unspecified atom stereocenters. The first-order valence-electron chi connectivity index (χ1n) is 12.5. The van der Waals surface area contributed by atoms with Gasteiger partial charge in [0, 0.05) is 25.5 Å². The fraction of sp³-hybridized carbons (Fsp3) is 0.920. The van der Waals surface area contributed by atoms with Gasteiger partial charge in [0.15, 0.2) is 0 Å². The van der Waals surface area contributed by atoms with Gasteiger partial charge in [-0.3, -0.25) is 0 Å². The van der Waals surface area contributed by atoms with Crippen molar-refractivity contribution in [2.45, 2.75) is 136 Å². The Bertz CT molecular complexity index is 339. The molecule has 0 saturated heterocycles. The Hall–Kier alpha value is -0.660. The van der Waals surface area contributed by atoms with E-state index in [-0.39, 0.29) is 0 Å². The quantitative estimate of drug-likeness (QED) is 0.209. The summed E-state index contributed by atoms with van der Waals surface area (Å²) in [6, 6.07) is 0. The molecular formula is C25H50N2. The molecule has 0 amide bonds. The number of hydrogen-bond donors (Lipinski definition) is 0. The highest BCUT2D eigenvalue weighted by atomic mass is 15.4. The molecule has 0 aromatic heterocycles. The van der Waals surface area contributed by atoms with E-state index in [0.717, 1.165) is 6.54 Å². The van der Waals surface area contributed by atoms with Crippen molar-refractivity contribution >= 4 is 0 Å². The van der Waals surface area contributed by atoms with Crippen molar-refractivity contribution in [3.8, 4) is 0 Å². The van der Waals surface area contributed by atoms with Gasteiger partial charge in [-0.1, -0.05) is 104 Å². The van der Waals surface area contributed by atoms with Crippen LogP contribution in [0, 0.1) is 0 Å². The molecule has 0 aromatic carbocycles. The largest absolute Gasteiger partial charge is 0.356 e. The first-order chi connectivity index (χ1) is 13.3. The predicted octanol–water partition coefficient (Wildman–Crippen LogP) is 8.09. The van der Waals surface area contributed by atoms with Gasteiger partial charge < -0.3 is 9.80 Å². The summed E-state index contributed by atoms with van der Waals surface area (Å²) in [5.74, 6) is 0. The maximum atomic E-state index is 2.63. The Labute approximate surface area is 171 Å². The Morgan fingerprint density at radius 3 is 1.48 bits per heavy atom. The van der Waals surface area contributed by atoms with Crippen molar-refractivity contribution in [1.82, 2.24) is 9.80 Å². The van der Waals surface area contributed by atoms with E-state index in [4.69, 9.17) is 0 Å². The molecule has 0 spiro atoms. The van der Waals surface area contributed by atoms with E-state index < -0.39 is 0 Å². The van der Waals surface area contributed by atoms with Gasteiger partial charge in [0.2, 0.25) is 0 Å². The fourth-order valence-corrected chi connectivity index (χ4v) is 4.32. The lowest BCUT2D eigenvalue weighted by Crippen LogP contribution is -2.38. The fourth-order valence-electron chi connectivity index (χ4n) is 4.32. The smallest absolute Gasteiger partial charge is 0.101 e. The third kappa shape index (κ3) is 11.7. The average molecular weight is 379 g/mol. The number of hydrogen-bond acceptors (Lipinski definition) is 2. The average Bonchev–Trinajstić information content (AvgIpc) is 3.08. The minimum absolute atomic E-state index is 0.639. The maximum Gasteiger partial charge on any atom is 0.101 e. The lowest BCUT2D eigenvalue weighted by molar-refractivity contribution is 0.142. The summed E-state index contributed by atoms with van der Waals surface area (Å²) in [4.78, 5) is 5.17. The molecule has 0 fully saturated rings. The first-order valence-corrected chi connectivity index (χ1v) is 12.5. The molecule has 0 saturated carbocycles. The molecule has 1 atom stereocenters. The number of unbranched alkanes of at least 4 members (excludes halogenated alkanes) is 14. The predicted molar refractivity (Wildman–Crippen MR) is 122 cm³/mol. The van der Waals surface area contributed by atoms with Crippen LogP contribution in [0.5, 0.6) is 0 Å². The summed E-state index contributed by atoms with van der Waals surface area (Å²) in [5, 5.41) is 0. The summed E-state index contributed by atoms with van der Waals surface area (Å²) < 4.78 is 0. The SMILES string of the molecule is CCCCCCCCCCC1N(CC)C=CN1CCCCCCCCCC. The van der Waals surface area contributed by atoms with Crippen molar-refractivity contribution < 1.29 is 0 Å². The highest BCUT2D eigenvalue weighted by molar-refractivity contribution is 4.96. The second kappa shape index (κ2) is 17.4. The van der Waals surface area contributed by atoms with Gasteiger partial charge in [0.25, 0.3) is 0 Å². The third-order valence-electron chi connectivity index (χ3n) is 6.17. The van der Waals surface area contributed by atoms with Crippen LogP contribution < -0.4 is 0 Å². The van der Waals surface area contributed by atoms with E-state index in [1.165, 1.54) is 116 Å². The molecule has 0 N–H and O–H groups in total. The Morgan fingerprint density at radius 2 is 0.963 bits per heavy atom. The van der Waals surface area contributed by atoms with Crippen molar-refractivity contribution in [1.29, 1.82) is 0 Å². The van der Waals surface area contributed by atoms with Gasteiger partial charge >= 0.3 is 0 Å². The van der Waals surface area contributed by atoms with Crippen LogP contribution >= 0.6 is 0 Å². The zero-order chi connectivity index (χ0) is 19.6. The van der Waals surface area contributed by atoms with Gasteiger partial charge in [0.1, 0.15) is 6.17 Å².